The van der Waals surface area contributed by atoms with E-state index in [1.807, 2.05) is 0 Å². The Morgan fingerprint density at radius 3 is 2.50 bits per heavy atom. The van der Waals surface area contributed by atoms with E-state index in [1.165, 1.54) is 12.8 Å². The van der Waals surface area contributed by atoms with Crippen LogP contribution in [-0.2, 0) is 4.74 Å². The first-order chi connectivity index (χ1) is 8.56. The fourth-order valence-electron chi connectivity index (χ4n) is 3.12. The molecule has 0 spiro atoms. The van der Waals surface area contributed by atoms with Gasteiger partial charge in [0.2, 0.25) is 0 Å². The third-order valence-electron chi connectivity index (χ3n) is 4.43. The molecule has 0 saturated carbocycles. The Morgan fingerprint density at radius 1 is 1.39 bits per heavy atom. The molecule has 2 atom stereocenters. The van der Waals surface area contributed by atoms with Crippen molar-refractivity contribution >= 4 is 0 Å². The topological polar surface area (TPSA) is 50.5 Å². The molecular weight excluding hydrogens is 226 g/mol. The van der Waals surface area contributed by atoms with Crippen molar-refractivity contribution in [3.8, 4) is 0 Å². The molecule has 0 amide bonds. The first-order valence-electron chi connectivity index (χ1n) is 7.39. The van der Waals surface area contributed by atoms with E-state index < -0.39 is 0 Å². The molecular formula is C14H31N3O. The summed E-state index contributed by atoms with van der Waals surface area (Å²) in [6.45, 7) is 12.0. The van der Waals surface area contributed by atoms with Crippen LogP contribution in [0.1, 0.15) is 53.4 Å². The molecule has 1 rings (SSSR count). The van der Waals surface area contributed by atoms with Gasteiger partial charge in [0.05, 0.1) is 6.10 Å². The fourth-order valence-corrected chi connectivity index (χ4v) is 3.12. The predicted molar refractivity (Wildman–Crippen MR) is 76.3 cm³/mol. The molecule has 0 bridgehead atoms. The van der Waals surface area contributed by atoms with Gasteiger partial charge >= 0.3 is 0 Å². The smallest absolute Gasteiger partial charge is 0.0576 e. The highest BCUT2D eigenvalue weighted by atomic mass is 16.5. The molecule has 108 valence electrons. The van der Waals surface area contributed by atoms with Gasteiger partial charge in [-0.05, 0) is 52.6 Å². The van der Waals surface area contributed by atoms with Crippen LogP contribution in [0.2, 0.25) is 0 Å². The largest absolute Gasteiger partial charge is 0.378 e. The molecule has 1 aliphatic heterocycles. The zero-order valence-electron chi connectivity index (χ0n) is 12.5. The zero-order valence-corrected chi connectivity index (χ0v) is 12.5. The number of likely N-dealkylation sites (N-methyl/N-ethyl adjacent to an activating group) is 1. The van der Waals surface area contributed by atoms with E-state index in [0.717, 1.165) is 32.5 Å². The summed E-state index contributed by atoms with van der Waals surface area (Å²) in [5.41, 5.74) is 3.10. The van der Waals surface area contributed by atoms with Gasteiger partial charge in [-0.2, -0.15) is 0 Å². The van der Waals surface area contributed by atoms with E-state index in [4.69, 9.17) is 10.6 Å². The van der Waals surface area contributed by atoms with Crippen molar-refractivity contribution in [2.24, 2.45) is 5.84 Å². The highest BCUT2D eigenvalue weighted by Gasteiger charge is 2.33. The van der Waals surface area contributed by atoms with Crippen LogP contribution in [0.5, 0.6) is 0 Å². The summed E-state index contributed by atoms with van der Waals surface area (Å²) in [4.78, 5) is 2.47. The molecule has 0 aliphatic carbocycles. The molecule has 18 heavy (non-hydrogen) atoms. The third kappa shape index (κ3) is 3.92. The monoisotopic (exact) mass is 257 g/mol. The van der Waals surface area contributed by atoms with Gasteiger partial charge in [0, 0.05) is 18.2 Å². The van der Waals surface area contributed by atoms with Crippen LogP contribution in [0.3, 0.4) is 0 Å². The molecule has 0 aromatic carbocycles. The van der Waals surface area contributed by atoms with E-state index in [-0.39, 0.29) is 5.54 Å². The molecule has 0 radical (unpaired) electrons. The molecule has 4 nitrogen and oxygen atoms in total. The number of hydrogen-bond donors (Lipinski definition) is 2. The normalized spacial score (nSPS) is 22.7. The number of rotatable bonds is 8. The predicted octanol–water partition coefficient (Wildman–Crippen LogP) is 1.90. The minimum absolute atomic E-state index is 0.0802. The highest BCUT2D eigenvalue weighted by Crippen LogP contribution is 2.25. The summed E-state index contributed by atoms with van der Waals surface area (Å²) in [7, 11) is 0. The second-order valence-corrected chi connectivity index (χ2v) is 5.76. The van der Waals surface area contributed by atoms with Crippen molar-refractivity contribution in [2.75, 3.05) is 19.7 Å². The third-order valence-corrected chi connectivity index (χ3v) is 4.43. The molecule has 2 unspecified atom stereocenters. The van der Waals surface area contributed by atoms with Crippen LogP contribution in [0.4, 0.5) is 0 Å². The molecule has 1 aliphatic rings. The van der Waals surface area contributed by atoms with E-state index >= 15 is 0 Å². The lowest BCUT2D eigenvalue weighted by atomic mass is 9.88. The summed E-state index contributed by atoms with van der Waals surface area (Å²) in [6, 6.07) is 0.307. The number of nitrogens with two attached hydrogens (primary N) is 1. The molecule has 1 saturated heterocycles. The van der Waals surface area contributed by atoms with E-state index in [2.05, 4.69) is 38.0 Å². The Hall–Kier alpha value is -0.160. The van der Waals surface area contributed by atoms with Crippen LogP contribution in [0, 0.1) is 0 Å². The molecule has 1 heterocycles. The Morgan fingerprint density at radius 2 is 2.06 bits per heavy atom. The highest BCUT2D eigenvalue weighted by molar-refractivity contribution is 4.92. The van der Waals surface area contributed by atoms with Crippen LogP contribution in [0.25, 0.3) is 0 Å². The van der Waals surface area contributed by atoms with Crippen molar-refractivity contribution in [3.63, 3.8) is 0 Å². The van der Waals surface area contributed by atoms with E-state index in [9.17, 15) is 0 Å². The first-order valence-corrected chi connectivity index (χ1v) is 7.39. The molecule has 3 N–H and O–H groups in total. The maximum Gasteiger partial charge on any atom is 0.0576 e. The summed E-state index contributed by atoms with van der Waals surface area (Å²) in [5.74, 6) is 5.77. The van der Waals surface area contributed by atoms with Gasteiger partial charge in [0.15, 0.2) is 0 Å². The Labute approximate surface area is 112 Å². The lowest BCUT2D eigenvalue weighted by Crippen LogP contribution is -2.59. The lowest BCUT2D eigenvalue weighted by Gasteiger charge is -2.43. The fraction of sp³-hybridized carbons (Fsp3) is 1.00. The van der Waals surface area contributed by atoms with E-state index in [1.54, 1.807) is 0 Å². The van der Waals surface area contributed by atoms with Crippen molar-refractivity contribution in [1.82, 2.24) is 10.3 Å². The standard InChI is InChI=1S/C14H31N3O/c1-5-17(6-2)14(3,4)13(16-15)10-9-12-8-7-11-18-12/h12-13,16H,5-11,15H2,1-4H3. The lowest BCUT2D eigenvalue weighted by molar-refractivity contribution is 0.0658. The minimum Gasteiger partial charge on any atom is -0.378 e. The van der Waals surface area contributed by atoms with Crippen LogP contribution >= 0.6 is 0 Å². The molecule has 0 aromatic rings. The maximum absolute atomic E-state index is 5.77. The summed E-state index contributed by atoms with van der Waals surface area (Å²) < 4.78 is 5.69. The van der Waals surface area contributed by atoms with Crippen LogP contribution < -0.4 is 11.3 Å². The van der Waals surface area contributed by atoms with Gasteiger partial charge in [-0.1, -0.05) is 13.8 Å². The van der Waals surface area contributed by atoms with Gasteiger partial charge in [0.25, 0.3) is 0 Å². The van der Waals surface area contributed by atoms with Crippen molar-refractivity contribution in [1.29, 1.82) is 0 Å². The summed E-state index contributed by atoms with van der Waals surface area (Å²) >= 11 is 0. The van der Waals surface area contributed by atoms with Crippen LogP contribution in [-0.4, -0.2) is 42.3 Å². The Bertz CT molecular complexity index is 223. The SMILES string of the molecule is CCN(CC)C(C)(C)C(CCC1CCCO1)NN. The number of nitrogens with zero attached hydrogens (tertiary/aromatic N) is 1. The van der Waals surface area contributed by atoms with Gasteiger partial charge < -0.3 is 4.74 Å². The van der Waals surface area contributed by atoms with Crippen molar-refractivity contribution in [2.45, 2.75) is 71.1 Å². The summed E-state index contributed by atoms with van der Waals surface area (Å²) in [6.07, 6.45) is 5.06. The van der Waals surface area contributed by atoms with Crippen molar-refractivity contribution < 1.29 is 4.74 Å². The second-order valence-electron chi connectivity index (χ2n) is 5.76. The number of ether oxygens (including phenoxy) is 1. The van der Waals surface area contributed by atoms with E-state index in [0.29, 0.717) is 12.1 Å². The molecule has 4 heteroatoms. The average molecular weight is 257 g/mol. The number of hydrogen-bond acceptors (Lipinski definition) is 4. The van der Waals surface area contributed by atoms with Crippen LogP contribution in [0.15, 0.2) is 0 Å². The molecule has 1 fully saturated rings. The van der Waals surface area contributed by atoms with Gasteiger partial charge in [-0.3, -0.25) is 16.2 Å². The minimum atomic E-state index is 0.0802. The summed E-state index contributed by atoms with van der Waals surface area (Å²) in [5, 5.41) is 0. The molecule has 0 aromatic heterocycles. The number of hydrazine groups is 1. The second kappa shape index (κ2) is 7.43. The van der Waals surface area contributed by atoms with Gasteiger partial charge in [0.1, 0.15) is 0 Å². The van der Waals surface area contributed by atoms with Gasteiger partial charge in [-0.25, -0.2) is 0 Å². The quantitative estimate of drug-likeness (QED) is 0.515. The Balaban J connectivity index is 2.51. The van der Waals surface area contributed by atoms with Gasteiger partial charge in [-0.15, -0.1) is 0 Å². The Kier molecular flexibility index (Phi) is 6.57. The average Bonchev–Trinajstić information content (AvgIpc) is 2.83. The maximum atomic E-state index is 5.77. The zero-order chi connectivity index (χ0) is 13.6. The first kappa shape index (κ1) is 15.9. The van der Waals surface area contributed by atoms with Crippen molar-refractivity contribution in [3.05, 3.63) is 0 Å². The number of nitrogens with one attached hydrogen (secondary N) is 1.